The molecule has 2 aromatic heterocycles. The summed E-state index contributed by atoms with van der Waals surface area (Å²) < 4.78 is 1.88. The van der Waals surface area contributed by atoms with Gasteiger partial charge in [-0.1, -0.05) is 12.1 Å². The fourth-order valence-electron chi connectivity index (χ4n) is 2.66. The van der Waals surface area contributed by atoms with Gasteiger partial charge < -0.3 is 11.2 Å². The molecule has 106 valence electrons. The molecular formula is C14H15N7. The van der Waals surface area contributed by atoms with E-state index in [-0.39, 0.29) is 0 Å². The Balaban J connectivity index is 1.76. The van der Waals surface area contributed by atoms with Gasteiger partial charge in [-0.05, 0) is 29.7 Å². The third kappa shape index (κ3) is 1.95. The van der Waals surface area contributed by atoms with Crippen molar-refractivity contribution in [3.8, 4) is 0 Å². The Morgan fingerprint density at radius 3 is 3.05 bits per heavy atom. The highest BCUT2D eigenvalue weighted by molar-refractivity contribution is 5.80. The number of anilines is 3. The lowest BCUT2D eigenvalue weighted by atomic mass is 10.0. The van der Waals surface area contributed by atoms with Crippen molar-refractivity contribution >= 4 is 28.2 Å². The van der Waals surface area contributed by atoms with Crippen molar-refractivity contribution in [1.82, 2.24) is 20.3 Å². The second-order valence-corrected chi connectivity index (χ2v) is 5.14. The van der Waals surface area contributed by atoms with E-state index in [0.717, 1.165) is 34.4 Å². The molecule has 0 fully saturated rings. The molecule has 1 aliphatic rings. The Bertz CT molecular complexity index is 837. The molecule has 7 heteroatoms. The lowest BCUT2D eigenvalue weighted by Gasteiger charge is -2.08. The molecule has 0 saturated carbocycles. The van der Waals surface area contributed by atoms with Crippen molar-refractivity contribution in [3.63, 3.8) is 0 Å². The fourth-order valence-corrected chi connectivity index (χ4v) is 2.66. The van der Waals surface area contributed by atoms with Crippen molar-refractivity contribution in [2.45, 2.75) is 6.42 Å². The average Bonchev–Trinajstić information content (AvgIpc) is 3.06. The van der Waals surface area contributed by atoms with Gasteiger partial charge in [0.2, 0.25) is 0 Å². The summed E-state index contributed by atoms with van der Waals surface area (Å²) in [4.78, 5) is 4.24. The predicted octanol–water partition coefficient (Wildman–Crippen LogP) is 1.40. The summed E-state index contributed by atoms with van der Waals surface area (Å²) in [6.07, 6.45) is 2.64. The van der Waals surface area contributed by atoms with Crippen LogP contribution in [0.3, 0.4) is 0 Å². The second kappa shape index (κ2) is 4.35. The Morgan fingerprint density at radius 2 is 2.14 bits per heavy atom. The summed E-state index contributed by atoms with van der Waals surface area (Å²) >= 11 is 0. The van der Waals surface area contributed by atoms with Crippen LogP contribution in [0.15, 0.2) is 30.5 Å². The highest BCUT2D eigenvalue weighted by Gasteiger charge is 2.16. The molecule has 0 saturated heterocycles. The molecule has 0 radical (unpaired) electrons. The van der Waals surface area contributed by atoms with Crippen LogP contribution >= 0.6 is 0 Å². The van der Waals surface area contributed by atoms with Crippen molar-refractivity contribution in [1.29, 1.82) is 0 Å². The highest BCUT2D eigenvalue weighted by atomic mass is 15.6. The third-order valence-corrected chi connectivity index (χ3v) is 3.70. The molecule has 0 aliphatic carbocycles. The molecule has 21 heavy (non-hydrogen) atoms. The maximum Gasteiger partial charge on any atom is 0.169 e. The summed E-state index contributed by atoms with van der Waals surface area (Å²) in [5, 5.41) is 5.41. The second-order valence-electron chi connectivity index (χ2n) is 5.14. The standard InChI is InChI=1S/C14H15N7/c1-21-11-5-8(2-3-9(11)7-16-21)4-10-6-12(15)17-14-13(10)18-20-19-14/h2-3,5-7,18,20H,4H2,1H3,(H3,15,17,19). The quantitative estimate of drug-likeness (QED) is 0.567. The number of aromatic nitrogens is 3. The lowest BCUT2D eigenvalue weighted by Crippen LogP contribution is -2.19. The van der Waals surface area contributed by atoms with Crippen molar-refractivity contribution in [2.24, 2.45) is 7.05 Å². The van der Waals surface area contributed by atoms with Gasteiger partial charge in [-0.3, -0.25) is 10.1 Å². The number of hydrogen-bond donors (Lipinski definition) is 4. The van der Waals surface area contributed by atoms with Gasteiger partial charge in [0.15, 0.2) is 5.82 Å². The van der Waals surface area contributed by atoms with Crippen LogP contribution in [-0.2, 0) is 13.5 Å². The number of nitrogen functional groups attached to an aromatic ring is 1. The number of nitrogens with zero attached hydrogens (tertiary/aromatic N) is 3. The maximum absolute atomic E-state index is 5.86. The number of hydrazine groups is 2. The van der Waals surface area contributed by atoms with Crippen LogP contribution in [0.25, 0.3) is 10.9 Å². The van der Waals surface area contributed by atoms with Gasteiger partial charge >= 0.3 is 0 Å². The van der Waals surface area contributed by atoms with E-state index in [1.54, 1.807) is 0 Å². The summed E-state index contributed by atoms with van der Waals surface area (Å²) in [7, 11) is 1.95. The van der Waals surface area contributed by atoms with Crippen LogP contribution in [0, 0.1) is 0 Å². The molecule has 0 spiro atoms. The first-order valence-electron chi connectivity index (χ1n) is 6.68. The number of aryl methyl sites for hydroxylation is 1. The van der Waals surface area contributed by atoms with E-state index >= 15 is 0 Å². The average molecular weight is 281 g/mol. The normalized spacial score (nSPS) is 13.0. The van der Waals surface area contributed by atoms with Gasteiger partial charge in [-0.15, -0.1) is 5.53 Å². The number of nitrogens with two attached hydrogens (primary N) is 1. The van der Waals surface area contributed by atoms with Crippen LogP contribution < -0.4 is 22.1 Å². The zero-order valence-corrected chi connectivity index (χ0v) is 11.5. The van der Waals surface area contributed by atoms with E-state index in [1.807, 2.05) is 24.0 Å². The minimum absolute atomic E-state index is 0.503. The van der Waals surface area contributed by atoms with E-state index in [0.29, 0.717) is 5.82 Å². The third-order valence-electron chi connectivity index (χ3n) is 3.70. The molecular weight excluding hydrogens is 266 g/mol. The Morgan fingerprint density at radius 1 is 1.24 bits per heavy atom. The van der Waals surface area contributed by atoms with Crippen molar-refractivity contribution in [2.75, 3.05) is 16.6 Å². The molecule has 3 heterocycles. The number of fused-ring (bicyclic) bond motifs is 2. The molecule has 0 atom stereocenters. The first-order chi connectivity index (χ1) is 10.2. The SMILES string of the molecule is Cn1ncc2ccc(Cc3cc(N)nc4c3NNN4)cc21. The first-order valence-corrected chi connectivity index (χ1v) is 6.68. The minimum atomic E-state index is 0.503. The maximum atomic E-state index is 5.86. The molecule has 4 rings (SSSR count). The predicted molar refractivity (Wildman–Crippen MR) is 82.6 cm³/mol. The monoisotopic (exact) mass is 281 g/mol. The Kier molecular flexibility index (Phi) is 2.48. The molecule has 0 bridgehead atoms. The van der Waals surface area contributed by atoms with Crippen LogP contribution in [0.1, 0.15) is 11.1 Å². The van der Waals surface area contributed by atoms with E-state index in [1.165, 1.54) is 5.56 Å². The topological polar surface area (TPSA) is 92.8 Å². The van der Waals surface area contributed by atoms with Gasteiger partial charge in [0.05, 0.1) is 17.4 Å². The summed E-state index contributed by atoms with van der Waals surface area (Å²) in [5.41, 5.74) is 19.1. The Labute approximate surface area is 121 Å². The van der Waals surface area contributed by atoms with Gasteiger partial charge in [-0.2, -0.15) is 5.10 Å². The van der Waals surface area contributed by atoms with Gasteiger partial charge in [0, 0.05) is 12.4 Å². The highest BCUT2D eigenvalue weighted by Crippen LogP contribution is 2.30. The molecule has 0 unspecified atom stereocenters. The number of rotatable bonds is 2. The molecule has 7 nitrogen and oxygen atoms in total. The smallest absolute Gasteiger partial charge is 0.169 e. The summed E-state index contributed by atoms with van der Waals surface area (Å²) in [6.45, 7) is 0. The molecule has 0 amide bonds. The van der Waals surface area contributed by atoms with Gasteiger partial charge in [0.1, 0.15) is 5.82 Å². The molecule has 1 aliphatic heterocycles. The zero-order valence-electron chi connectivity index (χ0n) is 11.5. The molecule has 3 aromatic rings. The first kappa shape index (κ1) is 12.0. The van der Waals surface area contributed by atoms with Crippen LogP contribution in [0.5, 0.6) is 0 Å². The number of hydrogen-bond acceptors (Lipinski definition) is 6. The number of nitrogens with one attached hydrogen (secondary N) is 3. The van der Waals surface area contributed by atoms with Crippen LogP contribution in [0.4, 0.5) is 17.3 Å². The Hall–Kier alpha value is -2.80. The molecule has 5 N–H and O–H groups in total. The molecule has 1 aromatic carbocycles. The zero-order chi connectivity index (χ0) is 14.4. The largest absolute Gasteiger partial charge is 0.384 e. The van der Waals surface area contributed by atoms with E-state index in [4.69, 9.17) is 5.73 Å². The van der Waals surface area contributed by atoms with E-state index < -0.39 is 0 Å². The number of pyridine rings is 1. The van der Waals surface area contributed by atoms with Crippen LogP contribution in [0.2, 0.25) is 0 Å². The number of benzene rings is 1. The summed E-state index contributed by atoms with van der Waals surface area (Å²) in [5.74, 6) is 1.23. The van der Waals surface area contributed by atoms with Crippen LogP contribution in [-0.4, -0.2) is 14.8 Å². The van der Waals surface area contributed by atoms with Crippen molar-refractivity contribution < 1.29 is 0 Å². The summed E-state index contributed by atoms with van der Waals surface area (Å²) in [6, 6.07) is 8.25. The van der Waals surface area contributed by atoms with Gasteiger partial charge in [0.25, 0.3) is 0 Å². The van der Waals surface area contributed by atoms with E-state index in [2.05, 4.69) is 44.7 Å². The van der Waals surface area contributed by atoms with Gasteiger partial charge in [-0.25, -0.2) is 4.98 Å². The minimum Gasteiger partial charge on any atom is -0.384 e. The van der Waals surface area contributed by atoms with E-state index in [9.17, 15) is 0 Å². The fraction of sp³-hybridized carbons (Fsp3) is 0.143. The van der Waals surface area contributed by atoms with Crippen molar-refractivity contribution in [3.05, 3.63) is 41.6 Å². The lowest BCUT2D eigenvalue weighted by molar-refractivity contribution is 0.796.